The number of nitrogens with one attached hydrogen (secondary N) is 1. The van der Waals surface area contributed by atoms with Crippen molar-refractivity contribution in [3.05, 3.63) is 65.7 Å². The van der Waals surface area contributed by atoms with Crippen LogP contribution in [-0.2, 0) is 6.54 Å². The number of hydrogen-bond acceptors (Lipinski definition) is 3. The van der Waals surface area contributed by atoms with Gasteiger partial charge < -0.3 is 9.73 Å². The molecule has 0 saturated carbocycles. The molecule has 0 amide bonds. The molecule has 3 heteroatoms. The highest BCUT2D eigenvalue weighted by Gasteiger charge is 2.09. The van der Waals surface area contributed by atoms with E-state index in [0.29, 0.717) is 0 Å². The van der Waals surface area contributed by atoms with Crippen LogP contribution in [0.5, 0.6) is 0 Å². The van der Waals surface area contributed by atoms with Crippen molar-refractivity contribution >= 4 is 10.9 Å². The lowest BCUT2D eigenvalue weighted by atomic mass is 10.1. The maximum atomic E-state index is 5.65. The minimum absolute atomic E-state index is 0.190. The number of pyridine rings is 1. The van der Waals surface area contributed by atoms with Gasteiger partial charge in [-0.1, -0.05) is 18.2 Å². The van der Waals surface area contributed by atoms with Gasteiger partial charge in [-0.15, -0.1) is 0 Å². The third-order valence-electron chi connectivity index (χ3n) is 3.53. The first-order valence-electron chi connectivity index (χ1n) is 6.86. The van der Waals surface area contributed by atoms with E-state index in [1.54, 1.807) is 0 Å². The molecule has 20 heavy (non-hydrogen) atoms. The molecule has 0 radical (unpaired) electrons. The minimum Gasteiger partial charge on any atom is -0.465 e. The molecule has 1 unspecified atom stereocenters. The Labute approximate surface area is 118 Å². The predicted octanol–water partition coefficient (Wildman–Crippen LogP) is 3.99. The zero-order valence-electron chi connectivity index (χ0n) is 11.8. The fraction of sp³-hybridized carbons (Fsp3) is 0.235. The molecule has 1 atom stereocenters. The summed E-state index contributed by atoms with van der Waals surface area (Å²) in [5.41, 5.74) is 2.29. The molecule has 0 saturated heterocycles. The highest BCUT2D eigenvalue weighted by Crippen LogP contribution is 2.19. The van der Waals surface area contributed by atoms with E-state index in [9.17, 15) is 0 Å². The van der Waals surface area contributed by atoms with E-state index in [1.807, 2.05) is 43.5 Å². The molecule has 1 aromatic carbocycles. The van der Waals surface area contributed by atoms with Crippen LogP contribution in [0, 0.1) is 6.92 Å². The van der Waals surface area contributed by atoms with Crippen LogP contribution in [0.4, 0.5) is 0 Å². The van der Waals surface area contributed by atoms with Gasteiger partial charge in [-0.2, -0.15) is 0 Å². The number of rotatable bonds is 4. The third kappa shape index (κ3) is 2.58. The smallest absolute Gasteiger partial charge is 0.120 e. The third-order valence-corrected chi connectivity index (χ3v) is 3.53. The Morgan fingerprint density at radius 3 is 2.80 bits per heavy atom. The first-order valence-corrected chi connectivity index (χ1v) is 6.86. The summed E-state index contributed by atoms with van der Waals surface area (Å²) in [5, 5.41) is 4.70. The number of benzene rings is 1. The molecule has 3 rings (SSSR count). The van der Waals surface area contributed by atoms with Crippen molar-refractivity contribution in [2.75, 3.05) is 0 Å². The Morgan fingerprint density at radius 2 is 2.00 bits per heavy atom. The van der Waals surface area contributed by atoms with Crippen molar-refractivity contribution in [1.82, 2.24) is 10.3 Å². The van der Waals surface area contributed by atoms with Gasteiger partial charge in [0.25, 0.3) is 0 Å². The van der Waals surface area contributed by atoms with Gasteiger partial charge in [0.05, 0.1) is 11.6 Å². The summed E-state index contributed by atoms with van der Waals surface area (Å²) in [6.07, 6.45) is 1.86. The van der Waals surface area contributed by atoms with Crippen LogP contribution in [0.3, 0.4) is 0 Å². The second-order valence-corrected chi connectivity index (χ2v) is 5.04. The molecule has 0 aliphatic heterocycles. The van der Waals surface area contributed by atoms with E-state index in [0.717, 1.165) is 23.6 Å². The molecule has 1 N–H and O–H groups in total. The summed E-state index contributed by atoms with van der Waals surface area (Å²) in [6.45, 7) is 4.87. The second-order valence-electron chi connectivity index (χ2n) is 5.04. The van der Waals surface area contributed by atoms with Crippen LogP contribution in [0.15, 0.2) is 53.1 Å². The number of fused-ring (bicyclic) bond motifs is 1. The Hall–Kier alpha value is -2.13. The van der Waals surface area contributed by atoms with Crippen molar-refractivity contribution in [3.63, 3.8) is 0 Å². The monoisotopic (exact) mass is 266 g/mol. The van der Waals surface area contributed by atoms with Crippen LogP contribution in [0.25, 0.3) is 10.9 Å². The van der Waals surface area contributed by atoms with Gasteiger partial charge in [-0.25, -0.2) is 0 Å². The first-order chi connectivity index (χ1) is 9.74. The van der Waals surface area contributed by atoms with Gasteiger partial charge in [0.15, 0.2) is 0 Å². The Balaban J connectivity index is 1.77. The molecule has 0 spiro atoms. The summed E-state index contributed by atoms with van der Waals surface area (Å²) in [6, 6.07) is 14.5. The standard InChI is InChI=1S/C17H18N2O/c1-12-7-8-17(20-12)13(2)19-11-14-9-10-18-16-6-4-3-5-15(14)16/h3-10,13,19H,11H2,1-2H3. The number of aryl methyl sites for hydroxylation is 1. The van der Waals surface area contributed by atoms with Gasteiger partial charge in [0.2, 0.25) is 0 Å². The summed E-state index contributed by atoms with van der Waals surface area (Å²) in [7, 11) is 0. The van der Waals surface area contributed by atoms with Crippen molar-refractivity contribution in [2.45, 2.75) is 26.4 Å². The van der Waals surface area contributed by atoms with Gasteiger partial charge in [-0.05, 0) is 43.7 Å². The van der Waals surface area contributed by atoms with E-state index >= 15 is 0 Å². The van der Waals surface area contributed by atoms with E-state index in [1.165, 1.54) is 10.9 Å². The highest BCUT2D eigenvalue weighted by atomic mass is 16.3. The maximum Gasteiger partial charge on any atom is 0.120 e. The zero-order chi connectivity index (χ0) is 13.9. The number of hydrogen-bond donors (Lipinski definition) is 1. The fourth-order valence-electron chi connectivity index (χ4n) is 2.36. The lowest BCUT2D eigenvalue weighted by molar-refractivity contribution is 0.416. The molecular weight excluding hydrogens is 248 g/mol. The van der Waals surface area contributed by atoms with Gasteiger partial charge in [0.1, 0.15) is 11.5 Å². The Bertz CT molecular complexity index is 712. The predicted molar refractivity (Wildman–Crippen MR) is 80.4 cm³/mol. The number of nitrogens with zero attached hydrogens (tertiary/aromatic N) is 1. The second kappa shape index (κ2) is 5.47. The number of aromatic nitrogens is 1. The Morgan fingerprint density at radius 1 is 1.15 bits per heavy atom. The molecule has 3 nitrogen and oxygen atoms in total. The average Bonchev–Trinajstić information content (AvgIpc) is 2.91. The summed E-state index contributed by atoms with van der Waals surface area (Å²) < 4.78 is 5.65. The van der Waals surface area contributed by atoms with Crippen LogP contribution >= 0.6 is 0 Å². The molecule has 3 aromatic rings. The van der Waals surface area contributed by atoms with Crippen LogP contribution in [0.1, 0.15) is 30.0 Å². The van der Waals surface area contributed by atoms with Gasteiger partial charge in [-0.3, -0.25) is 4.98 Å². The van der Waals surface area contributed by atoms with Crippen molar-refractivity contribution in [3.8, 4) is 0 Å². The topological polar surface area (TPSA) is 38.1 Å². The van der Waals surface area contributed by atoms with Gasteiger partial charge in [0, 0.05) is 18.1 Å². The highest BCUT2D eigenvalue weighted by molar-refractivity contribution is 5.81. The molecule has 0 aliphatic rings. The van der Waals surface area contributed by atoms with Gasteiger partial charge >= 0.3 is 0 Å². The number of furan rings is 1. The molecule has 102 valence electrons. The molecule has 0 aliphatic carbocycles. The summed E-state index contributed by atoms with van der Waals surface area (Å²) >= 11 is 0. The first kappa shape index (κ1) is 12.9. The maximum absolute atomic E-state index is 5.65. The van der Waals surface area contributed by atoms with E-state index in [2.05, 4.69) is 29.4 Å². The SMILES string of the molecule is Cc1ccc(C(C)NCc2ccnc3ccccc23)o1. The molecule has 0 fully saturated rings. The molecule has 2 heterocycles. The normalized spacial score (nSPS) is 12.7. The van der Waals surface area contributed by atoms with Crippen molar-refractivity contribution in [2.24, 2.45) is 0 Å². The molecule has 2 aromatic heterocycles. The van der Waals surface area contributed by atoms with Crippen LogP contribution in [0.2, 0.25) is 0 Å². The van der Waals surface area contributed by atoms with Crippen molar-refractivity contribution < 1.29 is 4.42 Å². The zero-order valence-corrected chi connectivity index (χ0v) is 11.8. The summed E-state index contributed by atoms with van der Waals surface area (Å²) in [4.78, 5) is 4.38. The quantitative estimate of drug-likeness (QED) is 0.776. The fourth-order valence-corrected chi connectivity index (χ4v) is 2.36. The molecule has 0 bridgehead atoms. The van der Waals surface area contributed by atoms with E-state index in [4.69, 9.17) is 4.42 Å². The van der Waals surface area contributed by atoms with E-state index < -0.39 is 0 Å². The Kier molecular flexibility index (Phi) is 3.52. The average molecular weight is 266 g/mol. The van der Waals surface area contributed by atoms with Crippen molar-refractivity contribution in [1.29, 1.82) is 0 Å². The van der Waals surface area contributed by atoms with Crippen LogP contribution in [-0.4, -0.2) is 4.98 Å². The largest absolute Gasteiger partial charge is 0.465 e. The lowest BCUT2D eigenvalue weighted by Gasteiger charge is -2.12. The number of para-hydroxylation sites is 1. The summed E-state index contributed by atoms with van der Waals surface area (Å²) in [5.74, 6) is 1.92. The molecular formula is C17H18N2O. The minimum atomic E-state index is 0.190. The lowest BCUT2D eigenvalue weighted by Crippen LogP contribution is -2.17. The van der Waals surface area contributed by atoms with E-state index in [-0.39, 0.29) is 6.04 Å². The van der Waals surface area contributed by atoms with Crippen LogP contribution < -0.4 is 5.32 Å².